The summed E-state index contributed by atoms with van der Waals surface area (Å²) in [5.74, 6) is 5.78. The Morgan fingerprint density at radius 2 is 0.387 bits per heavy atom. The Balaban J connectivity index is 0.000000116. The van der Waals surface area contributed by atoms with Crippen molar-refractivity contribution in [3.63, 3.8) is 0 Å². The van der Waals surface area contributed by atoms with E-state index in [4.69, 9.17) is 49.8 Å². The molecule has 0 fully saturated rings. The first-order valence-electron chi connectivity index (χ1n) is 50.1. The van der Waals surface area contributed by atoms with Gasteiger partial charge in [0.15, 0.2) is 52.4 Å². The zero-order valence-electron chi connectivity index (χ0n) is 81.3. The molecule has 0 radical (unpaired) electrons. The summed E-state index contributed by atoms with van der Waals surface area (Å²) in [5, 5.41) is 11.8. The normalized spacial score (nSPS) is 11.2. The molecule has 0 aliphatic carbocycles. The Morgan fingerprint density at radius 1 is 0.120 bits per heavy atom. The minimum absolute atomic E-state index is 0.637. The van der Waals surface area contributed by atoms with Gasteiger partial charge in [-0.3, -0.25) is 15.0 Å². The molecule has 0 aliphatic heterocycles. The number of nitrogens with zero attached hydrogens (tertiary/aromatic N) is 12. The smallest absolute Gasteiger partial charge is 0.164 e. The number of aromatic nitrogens is 12. The van der Waals surface area contributed by atoms with E-state index in [1.807, 2.05) is 140 Å². The Hall–Kier alpha value is -20.3. The zero-order chi connectivity index (χ0) is 99.8. The number of hydrogen-bond acceptors (Lipinski definition) is 12. The monoisotopic (exact) mass is 1910 g/mol. The third kappa shape index (κ3) is 19.3. The van der Waals surface area contributed by atoms with E-state index in [2.05, 4.69) is 416 Å². The number of benzene rings is 21. The second-order valence-corrected chi connectivity index (χ2v) is 37.0. The topological polar surface area (TPSA) is 155 Å². The Kier molecular flexibility index (Phi) is 25.0. The van der Waals surface area contributed by atoms with Crippen molar-refractivity contribution in [2.45, 2.75) is 0 Å². The lowest BCUT2D eigenvalue weighted by molar-refractivity contribution is 1.07. The maximum Gasteiger partial charge on any atom is 0.164 e. The van der Waals surface area contributed by atoms with Crippen LogP contribution >= 0.6 is 0 Å². The van der Waals surface area contributed by atoms with Gasteiger partial charge < -0.3 is 0 Å². The summed E-state index contributed by atoms with van der Waals surface area (Å²) in [6, 6.07) is 181. The maximum atomic E-state index is 4.98. The van der Waals surface area contributed by atoms with Crippen LogP contribution in [0.25, 0.3) is 268 Å². The molecule has 0 saturated heterocycles. The maximum absolute atomic E-state index is 4.98. The highest BCUT2D eigenvalue weighted by atomic mass is 15.1. The Bertz CT molecular complexity index is 9240. The van der Waals surface area contributed by atoms with Crippen molar-refractivity contribution in [1.29, 1.82) is 0 Å². The van der Waals surface area contributed by atoms with Crippen molar-refractivity contribution in [3.8, 4) is 203 Å². The fraction of sp³-hybridized carbons (Fsp3) is 0. The van der Waals surface area contributed by atoms with Crippen molar-refractivity contribution in [2.24, 2.45) is 0 Å². The minimum Gasteiger partial charge on any atom is -0.264 e. The first-order chi connectivity index (χ1) is 74.3. The third-order valence-corrected chi connectivity index (χ3v) is 27.6. The number of fused-ring (bicyclic) bond motifs is 9. The number of hydrogen-bond donors (Lipinski definition) is 0. The first-order valence-corrected chi connectivity index (χ1v) is 50.1. The van der Waals surface area contributed by atoms with E-state index < -0.39 is 0 Å². The molecule has 0 aliphatic rings. The number of rotatable bonds is 18. The van der Waals surface area contributed by atoms with Gasteiger partial charge in [0.05, 0.1) is 11.0 Å². The van der Waals surface area contributed by atoms with Crippen LogP contribution in [-0.4, -0.2) is 59.8 Å². The van der Waals surface area contributed by atoms with Crippen molar-refractivity contribution < 1.29 is 0 Å². The lowest BCUT2D eigenvalue weighted by Gasteiger charge is -2.11. The van der Waals surface area contributed by atoms with Crippen LogP contribution in [0.5, 0.6) is 0 Å². The highest BCUT2D eigenvalue weighted by Gasteiger charge is 2.21. The van der Waals surface area contributed by atoms with Crippen molar-refractivity contribution in [1.82, 2.24) is 59.8 Å². The summed E-state index contributed by atoms with van der Waals surface area (Å²) in [6.45, 7) is 0. The molecule has 0 bridgehead atoms. The molecule has 6 heterocycles. The predicted molar refractivity (Wildman–Crippen MR) is 616 cm³/mol. The van der Waals surface area contributed by atoms with E-state index in [1.165, 1.54) is 76.6 Å². The highest BCUT2D eigenvalue weighted by molar-refractivity contribution is 6.12. The first kappa shape index (κ1) is 90.9. The van der Waals surface area contributed by atoms with Crippen molar-refractivity contribution in [3.05, 3.63) is 546 Å². The molecule has 0 N–H and O–H groups in total. The van der Waals surface area contributed by atoms with Gasteiger partial charge in [-0.2, -0.15) is 0 Å². The van der Waals surface area contributed by atoms with E-state index in [0.717, 1.165) is 138 Å². The molecule has 150 heavy (non-hydrogen) atoms. The third-order valence-electron chi connectivity index (χ3n) is 27.6. The van der Waals surface area contributed by atoms with Gasteiger partial charge in [-0.05, 0) is 170 Å². The summed E-state index contributed by atoms with van der Waals surface area (Å²) in [7, 11) is 0. The molecular formula is C138H90N12. The molecule has 0 amide bonds. The Labute approximate surface area is 867 Å². The molecule has 0 unspecified atom stereocenters. The lowest BCUT2D eigenvalue weighted by Crippen LogP contribution is -2.00. The van der Waals surface area contributed by atoms with Crippen LogP contribution in [0.3, 0.4) is 0 Å². The molecule has 702 valence electrons. The van der Waals surface area contributed by atoms with E-state index in [9.17, 15) is 0 Å². The summed E-state index contributed by atoms with van der Waals surface area (Å²) < 4.78 is 0. The second kappa shape index (κ2) is 41.2. The van der Waals surface area contributed by atoms with Crippen molar-refractivity contribution in [2.75, 3.05) is 0 Å². The van der Waals surface area contributed by atoms with Crippen LogP contribution in [0.2, 0.25) is 0 Å². The molecule has 0 spiro atoms. The van der Waals surface area contributed by atoms with Gasteiger partial charge in [0.2, 0.25) is 0 Å². The molecule has 27 rings (SSSR count). The molecule has 12 nitrogen and oxygen atoms in total. The van der Waals surface area contributed by atoms with Gasteiger partial charge in [-0.1, -0.05) is 479 Å². The lowest BCUT2D eigenvalue weighted by atomic mass is 9.94. The van der Waals surface area contributed by atoms with Gasteiger partial charge in [0, 0.05) is 102 Å². The van der Waals surface area contributed by atoms with Gasteiger partial charge in [-0.15, -0.1) is 0 Å². The SMILES string of the molecule is c1ccc(-c2ccc(-c3nc(-c4ccccc4)nc(-c4ccc(-c5cccc(-c6ccc7c(c6)ncc6ccccc67)c5)cc4)n3)cc2)cc1.c1ccc(-c2ccc(-c3nc(-c4ccccc4)nc(-c4ccc(-c5cccc(-c6ccc7c(ccc8ccncc87)c6)c5)cc4)n3)cc2)cc1.c1ccc(-c2ccc(-c3nc(-c4ccccc4)nc(-c4ccc(-c5cccc(-c6cccc7c6ccc6cccnc67)c5)cc4)n3)cc2)cc1. The Morgan fingerprint density at radius 3 is 0.800 bits per heavy atom. The van der Waals surface area contributed by atoms with Crippen molar-refractivity contribution >= 4 is 64.9 Å². The summed E-state index contributed by atoms with van der Waals surface area (Å²) in [4.78, 5) is 58.3. The summed E-state index contributed by atoms with van der Waals surface area (Å²) in [6.07, 6.45) is 7.61. The van der Waals surface area contributed by atoms with Crippen LogP contribution in [0.4, 0.5) is 0 Å². The minimum atomic E-state index is 0.637. The molecule has 6 aromatic heterocycles. The van der Waals surface area contributed by atoms with Crippen LogP contribution in [0, 0.1) is 0 Å². The standard InChI is InChI=1S/3C46H30N4/c1-3-10-31(11-4-1)32-19-23-36(24-20-32)45-48-44(35-12-5-2-6-13-35)49-46(50-45)37-25-21-33(22-26-37)38-14-7-15-39(30-38)40-17-8-18-42-41(40)28-27-34-16-9-29-47-43(34)42;1-3-10-31(11-4-1)32-18-22-35(23-19-32)45-48-44(34-12-5-2-6-13-34)49-46(50-45)36-24-20-33(21-25-36)37-15-9-16-38(28-37)39-26-27-42-41-17-8-7-14-40(41)30-47-43(42)29-39;1-3-8-31(9-4-1)32-14-19-36(20-15-32)45-48-44(35-10-5-2-6-11-35)49-46(50-45)37-21-16-33(17-22-37)38-12-7-13-39(28-38)40-24-25-42-41(29-40)23-18-34-26-27-47-30-43(34)42/h3*1-30H. The molecule has 12 heteroatoms. The van der Waals surface area contributed by atoms with Crippen LogP contribution in [0.15, 0.2) is 546 Å². The number of pyridine rings is 3. The molecule has 21 aromatic carbocycles. The van der Waals surface area contributed by atoms with Crippen LogP contribution in [-0.2, 0) is 0 Å². The average molecular weight is 1920 g/mol. The van der Waals surface area contributed by atoms with Gasteiger partial charge in [0.25, 0.3) is 0 Å². The largest absolute Gasteiger partial charge is 0.264 e. The highest BCUT2D eigenvalue weighted by Crippen LogP contribution is 2.41. The zero-order valence-corrected chi connectivity index (χ0v) is 81.3. The van der Waals surface area contributed by atoms with Crippen LogP contribution < -0.4 is 0 Å². The fourth-order valence-electron chi connectivity index (χ4n) is 19.7. The summed E-state index contributed by atoms with van der Waals surface area (Å²) >= 11 is 0. The van der Waals surface area contributed by atoms with E-state index in [-0.39, 0.29) is 0 Å². The molecular weight excluding hydrogens is 1830 g/mol. The second-order valence-electron chi connectivity index (χ2n) is 37.0. The quantitative estimate of drug-likeness (QED) is 0.0751. The summed E-state index contributed by atoms with van der Waals surface area (Å²) in [5.41, 5.74) is 31.3. The van der Waals surface area contributed by atoms with E-state index >= 15 is 0 Å². The fourth-order valence-corrected chi connectivity index (χ4v) is 19.7. The molecule has 27 aromatic rings. The average Bonchev–Trinajstić information content (AvgIpc) is 0.763. The van der Waals surface area contributed by atoms with Gasteiger partial charge in [-0.25, -0.2) is 44.9 Å². The van der Waals surface area contributed by atoms with E-state index in [0.29, 0.717) is 52.4 Å². The van der Waals surface area contributed by atoms with Crippen LogP contribution in [0.1, 0.15) is 0 Å². The van der Waals surface area contributed by atoms with E-state index in [1.54, 1.807) is 0 Å². The predicted octanol–water partition coefficient (Wildman–Crippen LogP) is 34.7. The molecule has 0 saturated carbocycles. The van der Waals surface area contributed by atoms with Gasteiger partial charge >= 0.3 is 0 Å². The molecule has 0 atom stereocenters. The van der Waals surface area contributed by atoms with Gasteiger partial charge in [0.1, 0.15) is 0 Å².